The summed E-state index contributed by atoms with van der Waals surface area (Å²) < 4.78 is 28.0. The molecule has 5 nitrogen and oxygen atoms in total. The molecule has 6 heteroatoms. The van der Waals surface area contributed by atoms with Crippen molar-refractivity contribution in [2.24, 2.45) is 0 Å². The lowest BCUT2D eigenvalue weighted by Crippen LogP contribution is -2.34. The molecule has 1 heterocycles. The number of benzene rings is 2. The molecule has 1 aliphatic rings. The zero-order chi connectivity index (χ0) is 19.4. The summed E-state index contributed by atoms with van der Waals surface area (Å²) in [5.41, 5.74) is 3.55. The molecule has 3 rings (SSSR count). The number of nitrogens with zero attached hydrogens (tertiary/aromatic N) is 1. The normalized spacial score (nSPS) is 13.9. The van der Waals surface area contributed by atoms with Gasteiger partial charge in [-0.25, -0.2) is 8.42 Å². The number of nitrogens with one attached hydrogen (secondary N) is 1. The molecule has 0 atom stereocenters. The Morgan fingerprint density at radius 3 is 2.52 bits per heavy atom. The van der Waals surface area contributed by atoms with Crippen LogP contribution < -0.4 is 9.62 Å². The quantitative estimate of drug-likeness (QED) is 0.812. The minimum atomic E-state index is -3.64. The third-order valence-corrected chi connectivity index (χ3v) is 6.22. The Labute approximate surface area is 161 Å². The second-order valence-corrected chi connectivity index (χ2v) is 8.53. The van der Waals surface area contributed by atoms with Crippen LogP contribution in [0.25, 0.3) is 0 Å². The third-order valence-electron chi connectivity index (χ3n) is 4.83. The van der Waals surface area contributed by atoms with Gasteiger partial charge in [0.25, 0.3) is 10.0 Å². The third kappa shape index (κ3) is 4.33. The molecule has 0 spiro atoms. The number of amides is 1. The zero-order valence-electron chi connectivity index (χ0n) is 15.9. The van der Waals surface area contributed by atoms with E-state index in [9.17, 15) is 13.2 Å². The van der Waals surface area contributed by atoms with Crippen LogP contribution in [0.2, 0.25) is 0 Å². The van der Waals surface area contributed by atoms with E-state index in [0.29, 0.717) is 12.1 Å². The fraction of sp³-hybridized carbons (Fsp3) is 0.381. The molecule has 0 unspecified atom stereocenters. The molecule has 0 saturated heterocycles. The van der Waals surface area contributed by atoms with Crippen LogP contribution in [0, 0.1) is 0 Å². The zero-order valence-corrected chi connectivity index (χ0v) is 16.7. The Morgan fingerprint density at radius 2 is 1.85 bits per heavy atom. The molecule has 2 aromatic rings. The topological polar surface area (TPSA) is 66.5 Å². The summed E-state index contributed by atoms with van der Waals surface area (Å²) >= 11 is 0. The first kappa shape index (κ1) is 19.4. The van der Waals surface area contributed by atoms with Crippen molar-refractivity contribution in [2.45, 2.75) is 50.8 Å². The largest absolute Gasteiger partial charge is 0.312 e. The summed E-state index contributed by atoms with van der Waals surface area (Å²) in [6.45, 7) is 4.66. The number of fused-ring (bicyclic) bond motifs is 1. The second-order valence-electron chi connectivity index (χ2n) is 6.85. The van der Waals surface area contributed by atoms with E-state index < -0.39 is 10.0 Å². The fourth-order valence-electron chi connectivity index (χ4n) is 3.45. The summed E-state index contributed by atoms with van der Waals surface area (Å²) in [5.74, 6) is 0.0939. The molecule has 0 saturated carbocycles. The highest BCUT2D eigenvalue weighted by molar-refractivity contribution is 7.92. The van der Waals surface area contributed by atoms with E-state index >= 15 is 0 Å². The molecule has 0 bridgehead atoms. The van der Waals surface area contributed by atoms with E-state index in [-0.39, 0.29) is 10.8 Å². The lowest BCUT2D eigenvalue weighted by Gasteiger charge is -2.29. The SMILES string of the molecule is CCCc1ccc(S(=O)(=O)Nc2ccc3c(c2)CCCN3C(=O)CC)cc1. The van der Waals surface area contributed by atoms with Crippen molar-refractivity contribution in [1.82, 2.24) is 0 Å². The number of hydrogen-bond acceptors (Lipinski definition) is 3. The summed E-state index contributed by atoms with van der Waals surface area (Å²) in [7, 11) is -3.64. The van der Waals surface area contributed by atoms with E-state index in [1.807, 2.05) is 31.2 Å². The van der Waals surface area contributed by atoms with Gasteiger partial charge in [-0.1, -0.05) is 32.4 Å². The van der Waals surface area contributed by atoms with E-state index in [1.165, 1.54) is 0 Å². The fourth-order valence-corrected chi connectivity index (χ4v) is 4.50. The maximum absolute atomic E-state index is 12.7. The maximum atomic E-state index is 12.7. The van der Waals surface area contributed by atoms with Crippen molar-refractivity contribution in [3.8, 4) is 0 Å². The van der Waals surface area contributed by atoms with Crippen molar-refractivity contribution in [1.29, 1.82) is 0 Å². The lowest BCUT2D eigenvalue weighted by molar-refractivity contribution is -0.118. The van der Waals surface area contributed by atoms with Gasteiger partial charge in [-0.2, -0.15) is 0 Å². The Hall–Kier alpha value is -2.34. The van der Waals surface area contributed by atoms with Gasteiger partial charge in [0.15, 0.2) is 0 Å². The predicted molar refractivity (Wildman–Crippen MR) is 109 cm³/mol. The van der Waals surface area contributed by atoms with Crippen LogP contribution in [0.5, 0.6) is 0 Å². The molecule has 2 aromatic carbocycles. The van der Waals surface area contributed by atoms with Gasteiger partial charge < -0.3 is 4.90 Å². The van der Waals surface area contributed by atoms with Gasteiger partial charge in [0, 0.05) is 24.3 Å². The van der Waals surface area contributed by atoms with Crippen LogP contribution in [0.1, 0.15) is 44.2 Å². The molecule has 1 N–H and O–H groups in total. The Morgan fingerprint density at radius 1 is 1.11 bits per heavy atom. The molecule has 0 radical (unpaired) electrons. The average Bonchev–Trinajstić information content (AvgIpc) is 2.67. The van der Waals surface area contributed by atoms with Crippen LogP contribution in [0.15, 0.2) is 47.4 Å². The molecule has 1 aliphatic heterocycles. The molecule has 0 fully saturated rings. The smallest absolute Gasteiger partial charge is 0.261 e. The van der Waals surface area contributed by atoms with Gasteiger partial charge >= 0.3 is 0 Å². The van der Waals surface area contributed by atoms with Gasteiger partial charge in [-0.15, -0.1) is 0 Å². The van der Waals surface area contributed by atoms with Crippen molar-refractivity contribution < 1.29 is 13.2 Å². The number of aryl methyl sites for hydroxylation is 2. The summed E-state index contributed by atoms with van der Waals surface area (Å²) in [4.78, 5) is 14.2. The first-order chi connectivity index (χ1) is 12.9. The number of sulfonamides is 1. The molecular formula is C21H26N2O3S. The van der Waals surface area contributed by atoms with Crippen molar-refractivity contribution in [2.75, 3.05) is 16.2 Å². The van der Waals surface area contributed by atoms with E-state index in [0.717, 1.165) is 49.0 Å². The minimum Gasteiger partial charge on any atom is -0.312 e. The van der Waals surface area contributed by atoms with Crippen LogP contribution in [0.4, 0.5) is 11.4 Å². The number of hydrogen-bond donors (Lipinski definition) is 1. The number of anilines is 2. The van der Waals surface area contributed by atoms with Gasteiger partial charge in [-0.3, -0.25) is 9.52 Å². The predicted octanol–water partition coefficient (Wildman–Crippen LogP) is 4.13. The van der Waals surface area contributed by atoms with Crippen molar-refractivity contribution >= 4 is 27.3 Å². The second kappa shape index (κ2) is 8.13. The minimum absolute atomic E-state index is 0.0939. The van der Waals surface area contributed by atoms with Crippen LogP contribution in [-0.2, 0) is 27.7 Å². The molecular weight excluding hydrogens is 360 g/mol. The molecule has 144 valence electrons. The summed E-state index contributed by atoms with van der Waals surface area (Å²) in [6.07, 6.45) is 4.14. The number of carbonyl (C=O) groups is 1. The van der Waals surface area contributed by atoms with Gasteiger partial charge in [0.2, 0.25) is 5.91 Å². The highest BCUT2D eigenvalue weighted by Gasteiger charge is 2.22. The molecule has 1 amide bonds. The number of rotatable bonds is 6. The first-order valence-corrected chi connectivity index (χ1v) is 11.0. The maximum Gasteiger partial charge on any atom is 0.261 e. The van der Waals surface area contributed by atoms with Crippen LogP contribution >= 0.6 is 0 Å². The highest BCUT2D eigenvalue weighted by atomic mass is 32.2. The first-order valence-electron chi connectivity index (χ1n) is 9.49. The average molecular weight is 387 g/mol. The Bertz CT molecular complexity index is 921. The monoisotopic (exact) mass is 386 g/mol. The van der Waals surface area contributed by atoms with Gasteiger partial charge in [-0.05, 0) is 60.7 Å². The van der Waals surface area contributed by atoms with Crippen molar-refractivity contribution in [3.05, 3.63) is 53.6 Å². The van der Waals surface area contributed by atoms with E-state index in [2.05, 4.69) is 11.6 Å². The lowest BCUT2D eigenvalue weighted by atomic mass is 10.0. The molecule has 0 aromatic heterocycles. The van der Waals surface area contributed by atoms with E-state index in [4.69, 9.17) is 0 Å². The van der Waals surface area contributed by atoms with Crippen molar-refractivity contribution in [3.63, 3.8) is 0 Å². The van der Waals surface area contributed by atoms with Gasteiger partial charge in [0.05, 0.1) is 4.90 Å². The Balaban J connectivity index is 1.82. The number of carbonyl (C=O) groups excluding carboxylic acids is 1. The standard InChI is InChI=1S/C21H26N2O3S/c1-3-6-16-8-11-19(12-9-16)27(25,26)22-18-10-13-20-17(15-18)7-5-14-23(20)21(24)4-2/h8-13,15,22H,3-7,14H2,1-2H3. The van der Waals surface area contributed by atoms with Crippen LogP contribution in [0.3, 0.4) is 0 Å². The summed E-state index contributed by atoms with van der Waals surface area (Å²) in [5, 5.41) is 0. The van der Waals surface area contributed by atoms with Crippen LogP contribution in [-0.4, -0.2) is 20.9 Å². The van der Waals surface area contributed by atoms with Gasteiger partial charge in [0.1, 0.15) is 0 Å². The highest BCUT2D eigenvalue weighted by Crippen LogP contribution is 2.31. The molecule has 0 aliphatic carbocycles. The summed E-state index contributed by atoms with van der Waals surface area (Å²) in [6, 6.07) is 12.4. The Kier molecular flexibility index (Phi) is 5.85. The van der Waals surface area contributed by atoms with E-state index in [1.54, 1.807) is 23.1 Å². The molecule has 27 heavy (non-hydrogen) atoms.